The van der Waals surface area contributed by atoms with Crippen molar-refractivity contribution in [2.75, 3.05) is 11.1 Å². The van der Waals surface area contributed by atoms with Crippen molar-refractivity contribution in [1.29, 1.82) is 0 Å². The highest BCUT2D eigenvalue weighted by Gasteiger charge is 2.31. The van der Waals surface area contributed by atoms with Crippen molar-refractivity contribution in [3.8, 4) is 0 Å². The van der Waals surface area contributed by atoms with Gasteiger partial charge in [-0.25, -0.2) is 9.97 Å². The van der Waals surface area contributed by atoms with Crippen LogP contribution in [0.3, 0.4) is 0 Å². The molecule has 8 heteroatoms. The number of pyridine rings is 1. The summed E-state index contributed by atoms with van der Waals surface area (Å²) in [6.45, 7) is 6.79. The van der Waals surface area contributed by atoms with Gasteiger partial charge in [-0.2, -0.15) is 0 Å². The zero-order valence-electron chi connectivity index (χ0n) is 18.6. The molecule has 0 saturated heterocycles. The van der Waals surface area contributed by atoms with Crippen LogP contribution in [0, 0.1) is 20.8 Å². The number of nitrogen functional groups attached to an aromatic ring is 1. The van der Waals surface area contributed by atoms with E-state index in [0.717, 1.165) is 16.8 Å². The number of aromatic nitrogens is 3. The summed E-state index contributed by atoms with van der Waals surface area (Å²) in [6, 6.07) is 9.27. The molecule has 0 spiro atoms. The number of aryl methyl sites for hydroxylation is 4. The van der Waals surface area contributed by atoms with Crippen molar-refractivity contribution in [2.24, 2.45) is 0 Å². The summed E-state index contributed by atoms with van der Waals surface area (Å²) in [6.07, 6.45) is 2.71. The van der Waals surface area contributed by atoms with Crippen LogP contribution in [-0.2, 0) is 24.3 Å². The van der Waals surface area contributed by atoms with Crippen molar-refractivity contribution < 1.29 is 4.79 Å². The van der Waals surface area contributed by atoms with Crippen LogP contribution in [-0.4, -0.2) is 20.4 Å². The Labute approximate surface area is 186 Å². The summed E-state index contributed by atoms with van der Waals surface area (Å²) in [7, 11) is 0. The van der Waals surface area contributed by atoms with E-state index in [2.05, 4.69) is 38.8 Å². The van der Waals surface area contributed by atoms with Gasteiger partial charge in [0.1, 0.15) is 23.4 Å². The lowest BCUT2D eigenvalue weighted by Gasteiger charge is -2.16. The smallest absolute Gasteiger partial charge is 0.277 e. The minimum Gasteiger partial charge on any atom is -0.384 e. The van der Waals surface area contributed by atoms with Crippen molar-refractivity contribution in [2.45, 2.75) is 52.7 Å². The third-order valence-corrected chi connectivity index (χ3v) is 5.76. The van der Waals surface area contributed by atoms with E-state index >= 15 is 0 Å². The lowest BCUT2D eigenvalue weighted by Crippen LogP contribution is -2.36. The van der Waals surface area contributed by atoms with Crippen LogP contribution in [0.2, 0.25) is 0 Å². The molecule has 2 aromatic heterocycles. The lowest BCUT2D eigenvalue weighted by atomic mass is 10.1. The normalized spacial score (nSPS) is 14.8. The van der Waals surface area contributed by atoms with Crippen molar-refractivity contribution in [3.63, 3.8) is 0 Å². The van der Waals surface area contributed by atoms with Gasteiger partial charge in [-0.1, -0.05) is 35.4 Å². The van der Waals surface area contributed by atoms with E-state index in [9.17, 15) is 9.59 Å². The van der Waals surface area contributed by atoms with Crippen LogP contribution < -0.4 is 21.9 Å². The Morgan fingerprint density at radius 2 is 1.91 bits per heavy atom. The van der Waals surface area contributed by atoms with Crippen LogP contribution >= 0.6 is 0 Å². The second-order valence-electron chi connectivity index (χ2n) is 8.37. The fraction of sp³-hybridized carbons (Fsp3) is 0.333. The second kappa shape index (κ2) is 8.82. The van der Waals surface area contributed by atoms with Gasteiger partial charge >= 0.3 is 0 Å². The number of nitrogens with zero attached hydrogens (tertiary/aromatic N) is 3. The number of rotatable bonds is 6. The van der Waals surface area contributed by atoms with Gasteiger partial charge in [-0.05, 0) is 44.4 Å². The molecule has 32 heavy (non-hydrogen) atoms. The maximum absolute atomic E-state index is 13.2. The molecule has 1 aromatic carbocycles. The quantitative estimate of drug-likeness (QED) is 0.551. The molecule has 166 valence electrons. The number of carbonyl (C=O) groups excluding carboxylic acids is 1. The summed E-state index contributed by atoms with van der Waals surface area (Å²) < 4.78 is 1.52. The highest BCUT2D eigenvalue weighted by Crippen LogP contribution is 2.23. The van der Waals surface area contributed by atoms with E-state index in [4.69, 9.17) is 5.73 Å². The molecular weight excluding hydrogens is 404 g/mol. The number of fused-ring (bicyclic) bond motifs is 1. The second-order valence-corrected chi connectivity index (χ2v) is 8.37. The Kier molecular flexibility index (Phi) is 5.94. The van der Waals surface area contributed by atoms with Gasteiger partial charge in [0.05, 0.1) is 6.20 Å². The molecule has 8 nitrogen and oxygen atoms in total. The monoisotopic (exact) mass is 432 g/mol. The van der Waals surface area contributed by atoms with E-state index in [0.29, 0.717) is 43.3 Å². The summed E-state index contributed by atoms with van der Waals surface area (Å²) in [5, 5.41) is 6.13. The highest BCUT2D eigenvalue weighted by atomic mass is 16.2. The summed E-state index contributed by atoms with van der Waals surface area (Å²) in [4.78, 5) is 34.7. The molecule has 0 bridgehead atoms. The minimum absolute atomic E-state index is 0.199. The molecule has 3 heterocycles. The standard InChI is InChI=1S/C24H28N6O2/c1-14-8-15(2)10-17(9-14)11-26-19-13-27-22-7-5-20(30(22)24(19)32)23(31)28-12-18-4-6-21(25)29-16(18)3/h4,6,8-10,13,20,26H,5,7,11-12H2,1-3H3,(H2,25,29)(H,28,31)/t20-/m0/s1. The Bertz CT molecular complexity index is 1210. The molecule has 1 aliphatic heterocycles. The summed E-state index contributed by atoms with van der Waals surface area (Å²) >= 11 is 0. The summed E-state index contributed by atoms with van der Waals surface area (Å²) in [5.41, 5.74) is 11.0. The zero-order valence-corrected chi connectivity index (χ0v) is 18.6. The molecule has 0 aliphatic carbocycles. The lowest BCUT2D eigenvalue weighted by molar-refractivity contribution is -0.124. The van der Waals surface area contributed by atoms with Gasteiger partial charge in [0.25, 0.3) is 5.56 Å². The van der Waals surface area contributed by atoms with Gasteiger partial charge in [-0.3, -0.25) is 14.2 Å². The molecule has 0 saturated carbocycles. The molecule has 4 rings (SSSR count). The van der Waals surface area contributed by atoms with Crippen molar-refractivity contribution in [3.05, 3.63) is 80.7 Å². The number of hydrogen-bond donors (Lipinski definition) is 3. The molecule has 0 fully saturated rings. The first kappa shape index (κ1) is 21.5. The maximum Gasteiger partial charge on any atom is 0.277 e. The van der Waals surface area contributed by atoms with Gasteiger partial charge in [0.2, 0.25) is 5.91 Å². The first-order valence-electron chi connectivity index (χ1n) is 10.7. The molecule has 1 atom stereocenters. The topological polar surface area (TPSA) is 115 Å². The average molecular weight is 433 g/mol. The highest BCUT2D eigenvalue weighted by molar-refractivity contribution is 5.81. The first-order chi connectivity index (χ1) is 15.3. The number of benzene rings is 1. The Morgan fingerprint density at radius 1 is 1.16 bits per heavy atom. The molecular formula is C24H28N6O2. The number of nitrogens with one attached hydrogen (secondary N) is 2. The van der Waals surface area contributed by atoms with Crippen LogP contribution in [0.25, 0.3) is 0 Å². The van der Waals surface area contributed by atoms with Gasteiger partial charge in [0.15, 0.2) is 0 Å². The number of carbonyl (C=O) groups is 1. The van der Waals surface area contributed by atoms with Crippen molar-refractivity contribution >= 4 is 17.4 Å². The third-order valence-electron chi connectivity index (χ3n) is 5.76. The Hall–Kier alpha value is -3.68. The number of anilines is 2. The van der Waals surface area contributed by atoms with Gasteiger partial charge in [-0.15, -0.1) is 0 Å². The third kappa shape index (κ3) is 4.49. The fourth-order valence-corrected chi connectivity index (χ4v) is 4.24. The molecule has 1 amide bonds. The molecule has 3 aromatic rings. The first-order valence-corrected chi connectivity index (χ1v) is 10.7. The minimum atomic E-state index is -0.574. The largest absolute Gasteiger partial charge is 0.384 e. The van der Waals surface area contributed by atoms with E-state index in [1.54, 1.807) is 12.3 Å². The van der Waals surface area contributed by atoms with Crippen LogP contribution in [0.15, 0.2) is 41.3 Å². The van der Waals surface area contributed by atoms with Crippen molar-refractivity contribution in [1.82, 2.24) is 19.9 Å². The predicted molar refractivity (Wildman–Crippen MR) is 124 cm³/mol. The predicted octanol–water partition coefficient (Wildman–Crippen LogP) is 2.56. The maximum atomic E-state index is 13.2. The molecule has 4 N–H and O–H groups in total. The molecule has 0 radical (unpaired) electrons. The number of amides is 1. The van der Waals surface area contributed by atoms with Gasteiger partial charge < -0.3 is 16.4 Å². The van der Waals surface area contributed by atoms with E-state index in [1.807, 2.05) is 26.8 Å². The number of hydrogen-bond acceptors (Lipinski definition) is 6. The average Bonchev–Trinajstić information content (AvgIpc) is 3.17. The van der Waals surface area contributed by atoms with Crippen LogP contribution in [0.1, 0.15) is 46.2 Å². The van der Waals surface area contributed by atoms with Crippen LogP contribution in [0.4, 0.5) is 11.5 Å². The number of nitrogens with two attached hydrogens (primary N) is 1. The zero-order chi connectivity index (χ0) is 22.8. The van der Waals surface area contributed by atoms with E-state index in [-0.39, 0.29) is 11.5 Å². The summed E-state index contributed by atoms with van der Waals surface area (Å²) in [5.74, 6) is 0.883. The molecule has 0 unspecified atom stereocenters. The van der Waals surface area contributed by atoms with E-state index in [1.165, 1.54) is 15.7 Å². The Morgan fingerprint density at radius 3 is 2.62 bits per heavy atom. The Balaban J connectivity index is 1.49. The van der Waals surface area contributed by atoms with Crippen LogP contribution in [0.5, 0.6) is 0 Å². The fourth-order valence-electron chi connectivity index (χ4n) is 4.24. The molecule has 1 aliphatic rings. The van der Waals surface area contributed by atoms with E-state index < -0.39 is 6.04 Å². The van der Waals surface area contributed by atoms with Gasteiger partial charge in [0, 0.05) is 25.2 Å². The SMILES string of the molecule is Cc1cc(C)cc(CNc2cnc3n(c2=O)[C@H](C(=O)NCc2ccc(N)nc2C)CC3)c1.